The summed E-state index contributed by atoms with van der Waals surface area (Å²) in [6.07, 6.45) is 5.29. The molecule has 0 radical (unpaired) electrons. The first-order valence-electron chi connectivity index (χ1n) is 5.45. The van der Waals surface area contributed by atoms with E-state index in [4.69, 9.17) is 0 Å². The van der Waals surface area contributed by atoms with Gasteiger partial charge >= 0.3 is 0 Å². The van der Waals surface area contributed by atoms with E-state index in [0.717, 1.165) is 5.92 Å². The summed E-state index contributed by atoms with van der Waals surface area (Å²) in [4.78, 5) is 0. The number of hydrogen-bond acceptors (Lipinski definition) is 1. The van der Waals surface area contributed by atoms with E-state index >= 15 is 0 Å². The van der Waals surface area contributed by atoms with Gasteiger partial charge in [-0.25, -0.2) is 0 Å². The molecule has 0 heterocycles. The molecule has 0 aliphatic heterocycles. The Bertz CT molecular complexity index is 91.0. The van der Waals surface area contributed by atoms with Gasteiger partial charge in [-0.3, -0.25) is 0 Å². The van der Waals surface area contributed by atoms with Crippen LogP contribution >= 0.6 is 0 Å². The van der Waals surface area contributed by atoms with Crippen molar-refractivity contribution >= 4 is 0 Å². The first-order valence-corrected chi connectivity index (χ1v) is 5.45. The van der Waals surface area contributed by atoms with Gasteiger partial charge in [-0.2, -0.15) is 0 Å². The van der Waals surface area contributed by atoms with E-state index in [9.17, 15) is 0 Å². The highest BCUT2D eigenvalue weighted by molar-refractivity contribution is 4.66. The van der Waals surface area contributed by atoms with Gasteiger partial charge in [-0.15, -0.1) is 0 Å². The lowest BCUT2D eigenvalue weighted by Crippen LogP contribution is -2.32. The number of rotatable bonds is 7. The van der Waals surface area contributed by atoms with E-state index in [1.54, 1.807) is 0 Å². The second-order valence-corrected chi connectivity index (χ2v) is 3.84. The van der Waals surface area contributed by atoms with E-state index in [2.05, 4.69) is 33.0 Å². The zero-order valence-corrected chi connectivity index (χ0v) is 9.19. The van der Waals surface area contributed by atoms with Gasteiger partial charge in [0.15, 0.2) is 0 Å². The fourth-order valence-electron chi connectivity index (χ4n) is 1.26. The van der Waals surface area contributed by atoms with Crippen LogP contribution in [0.1, 0.15) is 53.4 Å². The lowest BCUT2D eigenvalue weighted by atomic mass is 10.0. The van der Waals surface area contributed by atoms with Gasteiger partial charge in [0.1, 0.15) is 0 Å². The van der Waals surface area contributed by atoms with Crippen LogP contribution in [-0.4, -0.2) is 12.6 Å². The third-order valence-electron chi connectivity index (χ3n) is 2.74. The molecule has 1 nitrogen and oxygen atoms in total. The molecule has 2 atom stereocenters. The van der Waals surface area contributed by atoms with Gasteiger partial charge in [0.2, 0.25) is 0 Å². The topological polar surface area (TPSA) is 12.0 Å². The van der Waals surface area contributed by atoms with Crippen molar-refractivity contribution in [3.8, 4) is 0 Å². The zero-order valence-electron chi connectivity index (χ0n) is 9.19. The molecular formula is C11H25N. The van der Waals surface area contributed by atoms with Gasteiger partial charge in [-0.05, 0) is 25.8 Å². The highest BCUT2D eigenvalue weighted by Gasteiger charge is 2.07. The van der Waals surface area contributed by atoms with Crippen molar-refractivity contribution < 1.29 is 0 Å². The van der Waals surface area contributed by atoms with Crippen LogP contribution in [0.2, 0.25) is 0 Å². The smallest absolute Gasteiger partial charge is 0.00642 e. The molecular weight excluding hydrogens is 146 g/mol. The maximum atomic E-state index is 3.57. The zero-order chi connectivity index (χ0) is 9.40. The lowest BCUT2D eigenvalue weighted by Gasteiger charge is -2.19. The summed E-state index contributed by atoms with van der Waals surface area (Å²) in [5, 5.41) is 3.57. The summed E-state index contributed by atoms with van der Waals surface area (Å²) in [5.41, 5.74) is 0. The first-order chi connectivity index (χ1) is 5.72. The molecule has 1 N–H and O–H groups in total. The van der Waals surface area contributed by atoms with Gasteiger partial charge in [0.25, 0.3) is 0 Å². The fourth-order valence-corrected chi connectivity index (χ4v) is 1.26. The average molecular weight is 171 g/mol. The van der Waals surface area contributed by atoms with Crippen LogP contribution in [0.4, 0.5) is 0 Å². The normalized spacial score (nSPS) is 16.0. The maximum absolute atomic E-state index is 3.57. The number of nitrogens with one attached hydrogen (secondary N) is 1. The molecule has 12 heavy (non-hydrogen) atoms. The summed E-state index contributed by atoms with van der Waals surface area (Å²) < 4.78 is 0. The van der Waals surface area contributed by atoms with Crippen LogP contribution in [0.3, 0.4) is 0 Å². The van der Waals surface area contributed by atoms with Crippen molar-refractivity contribution in [3.05, 3.63) is 0 Å². The molecule has 0 fully saturated rings. The molecule has 0 aliphatic carbocycles. The van der Waals surface area contributed by atoms with Crippen molar-refractivity contribution in [1.29, 1.82) is 0 Å². The van der Waals surface area contributed by atoms with Gasteiger partial charge < -0.3 is 5.32 Å². The van der Waals surface area contributed by atoms with E-state index in [0.29, 0.717) is 6.04 Å². The minimum atomic E-state index is 0.687. The number of unbranched alkanes of at least 4 members (excludes halogenated alkanes) is 2. The predicted octanol–water partition coefficient (Wildman–Crippen LogP) is 3.20. The Balaban J connectivity index is 3.24. The predicted molar refractivity (Wildman–Crippen MR) is 56.4 cm³/mol. The largest absolute Gasteiger partial charge is 0.314 e. The molecule has 74 valence electrons. The molecule has 0 amide bonds. The van der Waals surface area contributed by atoms with Gasteiger partial charge in [-0.1, -0.05) is 40.0 Å². The van der Waals surface area contributed by atoms with E-state index in [1.807, 2.05) is 0 Å². The Morgan fingerprint density at radius 1 is 1.08 bits per heavy atom. The second-order valence-electron chi connectivity index (χ2n) is 3.84. The monoisotopic (exact) mass is 171 g/mol. The molecule has 0 saturated carbocycles. The summed E-state index contributed by atoms with van der Waals surface area (Å²) in [6, 6.07) is 0.687. The molecule has 0 aromatic rings. The van der Waals surface area contributed by atoms with Crippen LogP contribution in [0, 0.1) is 5.92 Å². The third-order valence-corrected chi connectivity index (χ3v) is 2.74. The molecule has 0 saturated heterocycles. The Morgan fingerprint density at radius 2 is 1.75 bits per heavy atom. The van der Waals surface area contributed by atoms with Gasteiger partial charge in [0.05, 0.1) is 0 Å². The van der Waals surface area contributed by atoms with E-state index in [1.165, 1.54) is 32.2 Å². The Hall–Kier alpha value is -0.0400. The quantitative estimate of drug-likeness (QED) is 0.580. The standard InChI is InChI=1S/C11H25N/c1-5-7-8-9-12-11(4)10(3)6-2/h10-12H,5-9H2,1-4H3/t10-,11+/m1/s1. The van der Waals surface area contributed by atoms with Crippen molar-refractivity contribution in [2.24, 2.45) is 5.92 Å². The Morgan fingerprint density at radius 3 is 2.25 bits per heavy atom. The van der Waals surface area contributed by atoms with E-state index in [-0.39, 0.29) is 0 Å². The van der Waals surface area contributed by atoms with Crippen molar-refractivity contribution in [3.63, 3.8) is 0 Å². The van der Waals surface area contributed by atoms with Crippen molar-refractivity contribution in [2.75, 3.05) is 6.54 Å². The fraction of sp³-hybridized carbons (Fsp3) is 1.00. The Kier molecular flexibility index (Phi) is 7.58. The molecule has 1 heteroatoms. The lowest BCUT2D eigenvalue weighted by molar-refractivity contribution is 0.387. The third kappa shape index (κ3) is 5.59. The summed E-state index contributed by atoms with van der Waals surface area (Å²) >= 11 is 0. The average Bonchev–Trinajstić information content (AvgIpc) is 2.10. The van der Waals surface area contributed by atoms with Crippen LogP contribution < -0.4 is 5.32 Å². The number of hydrogen-bond donors (Lipinski definition) is 1. The minimum Gasteiger partial charge on any atom is -0.314 e. The second kappa shape index (κ2) is 7.60. The summed E-state index contributed by atoms with van der Waals surface area (Å²) in [6.45, 7) is 10.3. The van der Waals surface area contributed by atoms with Crippen LogP contribution in [0.15, 0.2) is 0 Å². The van der Waals surface area contributed by atoms with Crippen LogP contribution in [0.5, 0.6) is 0 Å². The highest BCUT2D eigenvalue weighted by Crippen LogP contribution is 2.06. The van der Waals surface area contributed by atoms with Crippen molar-refractivity contribution in [1.82, 2.24) is 5.32 Å². The summed E-state index contributed by atoms with van der Waals surface area (Å²) in [7, 11) is 0. The molecule has 0 unspecified atom stereocenters. The SMILES string of the molecule is CCCCCN[C@@H](C)[C@H](C)CC. The molecule has 0 spiro atoms. The maximum Gasteiger partial charge on any atom is 0.00642 e. The van der Waals surface area contributed by atoms with Gasteiger partial charge in [0, 0.05) is 6.04 Å². The minimum absolute atomic E-state index is 0.687. The Labute approximate surface area is 77.9 Å². The molecule has 0 aromatic heterocycles. The van der Waals surface area contributed by atoms with Crippen molar-refractivity contribution in [2.45, 2.75) is 59.4 Å². The van der Waals surface area contributed by atoms with Crippen LogP contribution in [0.25, 0.3) is 0 Å². The molecule has 0 bridgehead atoms. The molecule has 0 rings (SSSR count). The molecule has 0 aliphatic rings. The van der Waals surface area contributed by atoms with Crippen LogP contribution in [-0.2, 0) is 0 Å². The first kappa shape index (κ1) is 12.0. The summed E-state index contributed by atoms with van der Waals surface area (Å²) in [5.74, 6) is 0.812. The molecule has 0 aromatic carbocycles. The van der Waals surface area contributed by atoms with E-state index < -0.39 is 0 Å². The highest BCUT2D eigenvalue weighted by atomic mass is 14.9.